The van der Waals surface area contributed by atoms with Crippen molar-refractivity contribution in [3.05, 3.63) is 59.2 Å². The van der Waals surface area contributed by atoms with Gasteiger partial charge in [0.2, 0.25) is 0 Å². The molecule has 2 atom stereocenters. The van der Waals surface area contributed by atoms with Gasteiger partial charge in [-0.1, -0.05) is 24.3 Å². The van der Waals surface area contributed by atoms with Crippen LogP contribution in [0.3, 0.4) is 0 Å². The Morgan fingerprint density at radius 1 is 1.12 bits per heavy atom. The van der Waals surface area contributed by atoms with Crippen molar-refractivity contribution in [2.75, 3.05) is 23.4 Å². The highest BCUT2D eigenvalue weighted by molar-refractivity contribution is 7.91. The highest BCUT2D eigenvalue weighted by Gasteiger charge is 2.36. The van der Waals surface area contributed by atoms with Crippen LogP contribution in [0, 0.1) is 13.8 Å². The Balaban J connectivity index is 1.74. The summed E-state index contributed by atoms with van der Waals surface area (Å²) in [5.74, 6) is -0.972. The number of esters is 1. The van der Waals surface area contributed by atoms with Crippen LogP contribution in [0.4, 0.5) is 11.4 Å². The summed E-state index contributed by atoms with van der Waals surface area (Å²) < 4.78 is 29.1. The number of carbonyl (C=O) groups is 2. The van der Waals surface area contributed by atoms with Crippen LogP contribution in [0.5, 0.6) is 0 Å². The highest BCUT2D eigenvalue weighted by atomic mass is 32.2. The molecule has 0 radical (unpaired) electrons. The van der Waals surface area contributed by atoms with Crippen LogP contribution in [0.25, 0.3) is 0 Å². The number of amides is 1. The van der Waals surface area contributed by atoms with E-state index < -0.39 is 21.9 Å². The molecule has 1 aliphatic rings. The maximum absolute atomic E-state index is 12.9. The third-order valence-corrected chi connectivity index (χ3v) is 7.68. The number of sulfone groups is 1. The molecule has 1 aliphatic heterocycles. The van der Waals surface area contributed by atoms with Crippen molar-refractivity contribution < 1.29 is 22.7 Å². The van der Waals surface area contributed by atoms with E-state index in [0.29, 0.717) is 24.2 Å². The van der Waals surface area contributed by atoms with Crippen molar-refractivity contribution in [3.63, 3.8) is 0 Å². The molecule has 1 amide bonds. The number of nitrogens with zero attached hydrogens (tertiary/aromatic N) is 1. The van der Waals surface area contributed by atoms with Gasteiger partial charge in [0.15, 0.2) is 15.9 Å². The predicted octanol–water partition coefficient (Wildman–Crippen LogP) is 3.63. The molecule has 1 N–H and O–H groups in total. The normalized spacial score (nSPS) is 18.1. The topological polar surface area (TPSA) is 92.8 Å². The number of benzene rings is 2. The molecule has 0 aliphatic carbocycles. The molecule has 0 saturated carbocycles. The Bertz CT molecular complexity index is 1110. The number of hydrogen-bond acceptors (Lipinski definition) is 6. The van der Waals surface area contributed by atoms with E-state index in [9.17, 15) is 18.0 Å². The quantitative estimate of drug-likeness (QED) is 0.637. The first kappa shape index (κ1) is 23.8. The maximum Gasteiger partial charge on any atom is 0.341 e. The Morgan fingerprint density at radius 2 is 1.81 bits per heavy atom. The van der Waals surface area contributed by atoms with Crippen molar-refractivity contribution in [2.45, 2.75) is 46.3 Å². The molecule has 1 heterocycles. The van der Waals surface area contributed by atoms with Crippen LogP contribution in [0.15, 0.2) is 42.5 Å². The molecule has 2 unspecified atom stereocenters. The number of ether oxygens (including phenoxy) is 1. The number of rotatable bonds is 7. The van der Waals surface area contributed by atoms with Crippen molar-refractivity contribution in [2.24, 2.45) is 0 Å². The molecular weight excluding hydrogens is 428 g/mol. The number of para-hydroxylation sites is 1. The molecule has 1 fully saturated rings. The van der Waals surface area contributed by atoms with E-state index in [1.54, 1.807) is 25.1 Å². The van der Waals surface area contributed by atoms with Crippen LogP contribution in [-0.2, 0) is 19.4 Å². The van der Waals surface area contributed by atoms with Gasteiger partial charge >= 0.3 is 5.97 Å². The van der Waals surface area contributed by atoms with Crippen molar-refractivity contribution in [1.82, 2.24) is 4.90 Å². The van der Waals surface area contributed by atoms with E-state index in [1.165, 1.54) is 11.8 Å². The summed E-state index contributed by atoms with van der Waals surface area (Å²) in [7, 11) is -3.13. The third kappa shape index (κ3) is 5.30. The van der Waals surface area contributed by atoms with Crippen molar-refractivity contribution in [1.29, 1.82) is 0 Å². The Kier molecular flexibility index (Phi) is 7.23. The van der Waals surface area contributed by atoms with Gasteiger partial charge in [-0.15, -0.1) is 0 Å². The van der Waals surface area contributed by atoms with Gasteiger partial charge < -0.3 is 15.0 Å². The second-order valence-corrected chi connectivity index (χ2v) is 10.4. The molecule has 172 valence electrons. The first-order valence-corrected chi connectivity index (χ1v) is 12.6. The Morgan fingerprint density at radius 3 is 2.47 bits per heavy atom. The van der Waals surface area contributed by atoms with Crippen LogP contribution in [0.2, 0.25) is 0 Å². The summed E-state index contributed by atoms with van der Waals surface area (Å²) in [6.45, 7) is 7.69. The van der Waals surface area contributed by atoms with Crippen molar-refractivity contribution in [3.8, 4) is 0 Å². The zero-order valence-electron chi connectivity index (χ0n) is 18.9. The average Bonchev–Trinajstić information content (AvgIpc) is 3.11. The van der Waals surface area contributed by atoms with E-state index >= 15 is 0 Å². The van der Waals surface area contributed by atoms with Crippen molar-refractivity contribution >= 4 is 33.1 Å². The summed E-state index contributed by atoms with van der Waals surface area (Å²) in [5.41, 5.74) is 3.99. The lowest BCUT2D eigenvalue weighted by Crippen LogP contribution is -2.46. The molecule has 0 spiro atoms. The molecule has 0 aromatic heterocycles. The van der Waals surface area contributed by atoms with Gasteiger partial charge in [-0.2, -0.15) is 0 Å². The first-order valence-electron chi connectivity index (χ1n) is 10.8. The van der Waals surface area contributed by atoms with E-state index in [4.69, 9.17) is 4.74 Å². The molecule has 0 bridgehead atoms. The molecule has 2 aromatic carbocycles. The van der Waals surface area contributed by atoms with Gasteiger partial charge in [0.25, 0.3) is 5.91 Å². The fourth-order valence-corrected chi connectivity index (χ4v) is 5.66. The summed E-state index contributed by atoms with van der Waals surface area (Å²) in [5, 5.41) is 3.29. The number of anilines is 2. The highest BCUT2D eigenvalue weighted by Crippen LogP contribution is 2.26. The summed E-state index contributed by atoms with van der Waals surface area (Å²) in [6, 6.07) is 12.5. The van der Waals surface area contributed by atoms with Gasteiger partial charge in [0.05, 0.1) is 22.8 Å². The van der Waals surface area contributed by atoms with Crippen LogP contribution in [-0.4, -0.2) is 55.4 Å². The molecule has 2 aromatic rings. The summed E-state index contributed by atoms with van der Waals surface area (Å²) in [6.07, 6.45) is -0.620. The van der Waals surface area contributed by atoms with E-state index in [2.05, 4.69) is 5.32 Å². The second-order valence-electron chi connectivity index (χ2n) is 8.15. The van der Waals surface area contributed by atoms with E-state index in [-0.39, 0.29) is 23.5 Å². The van der Waals surface area contributed by atoms with Crippen LogP contribution >= 0.6 is 0 Å². The number of carbonyl (C=O) groups excluding carboxylic acids is 2. The van der Waals surface area contributed by atoms with Gasteiger partial charge in [0, 0.05) is 18.3 Å². The molecule has 8 heteroatoms. The SMILES string of the molecule is CCN(C(=O)C(C)OC(=O)c1ccccc1Nc1cccc(C)c1C)C1CCS(=O)(=O)C1. The number of nitrogens with one attached hydrogen (secondary N) is 1. The predicted molar refractivity (Wildman–Crippen MR) is 125 cm³/mol. The Labute approximate surface area is 189 Å². The summed E-state index contributed by atoms with van der Waals surface area (Å²) >= 11 is 0. The molecule has 1 saturated heterocycles. The lowest BCUT2D eigenvalue weighted by Gasteiger charge is -2.29. The lowest BCUT2D eigenvalue weighted by atomic mass is 10.1. The number of hydrogen-bond donors (Lipinski definition) is 1. The molecular formula is C24H30N2O5S. The zero-order chi connectivity index (χ0) is 23.5. The molecule has 32 heavy (non-hydrogen) atoms. The smallest absolute Gasteiger partial charge is 0.341 e. The second kappa shape index (κ2) is 9.73. The molecule has 7 nitrogen and oxygen atoms in total. The van der Waals surface area contributed by atoms with Gasteiger partial charge in [-0.25, -0.2) is 13.2 Å². The Hall–Kier alpha value is -2.87. The zero-order valence-corrected chi connectivity index (χ0v) is 19.7. The minimum absolute atomic E-state index is 0.0458. The van der Waals surface area contributed by atoms with Gasteiger partial charge in [0.1, 0.15) is 0 Å². The maximum atomic E-state index is 12.9. The summed E-state index contributed by atoms with van der Waals surface area (Å²) in [4.78, 5) is 27.4. The third-order valence-electron chi connectivity index (χ3n) is 5.93. The monoisotopic (exact) mass is 458 g/mol. The number of likely N-dealkylation sites (N-methyl/N-ethyl adjacent to an activating group) is 1. The lowest BCUT2D eigenvalue weighted by molar-refractivity contribution is -0.141. The fraction of sp³-hybridized carbons (Fsp3) is 0.417. The number of aryl methyl sites for hydroxylation is 1. The largest absolute Gasteiger partial charge is 0.449 e. The average molecular weight is 459 g/mol. The van der Waals surface area contributed by atoms with Crippen LogP contribution < -0.4 is 5.32 Å². The van der Waals surface area contributed by atoms with Gasteiger partial charge in [-0.3, -0.25) is 4.79 Å². The minimum Gasteiger partial charge on any atom is -0.449 e. The minimum atomic E-state index is -3.13. The standard InChI is InChI=1S/C24H30N2O5S/c1-5-26(19-13-14-32(29,30)15-19)23(27)18(4)31-24(28)20-10-6-7-11-22(20)25-21-12-8-9-16(2)17(21)3/h6-12,18-19,25H,5,13-15H2,1-4H3. The molecule has 3 rings (SSSR count). The van der Waals surface area contributed by atoms with E-state index in [0.717, 1.165) is 16.8 Å². The first-order chi connectivity index (χ1) is 15.1. The fourth-order valence-electron chi connectivity index (χ4n) is 3.92. The van der Waals surface area contributed by atoms with Gasteiger partial charge in [-0.05, 0) is 63.4 Å². The van der Waals surface area contributed by atoms with Crippen LogP contribution in [0.1, 0.15) is 41.8 Å². The van der Waals surface area contributed by atoms with E-state index in [1.807, 2.05) is 38.1 Å².